The monoisotopic (exact) mass is 567 g/mol. The van der Waals surface area contributed by atoms with Crippen LogP contribution >= 0.6 is 11.3 Å². The molecular weight excluding hydrogens is 543 g/mol. The van der Waals surface area contributed by atoms with E-state index in [0.29, 0.717) is 0 Å². The molecule has 0 spiro atoms. The van der Waals surface area contributed by atoms with E-state index in [1.54, 1.807) is 0 Å². The molecule has 9 rings (SSSR count). The van der Waals surface area contributed by atoms with Gasteiger partial charge < -0.3 is 9.32 Å². The Morgan fingerprint density at radius 2 is 1.07 bits per heavy atom. The zero-order valence-electron chi connectivity index (χ0n) is 23.2. The number of anilines is 3. The van der Waals surface area contributed by atoms with Gasteiger partial charge in [0.05, 0.1) is 0 Å². The number of hydrogen-bond donors (Lipinski definition) is 0. The Bertz CT molecular complexity index is 2460. The van der Waals surface area contributed by atoms with Gasteiger partial charge in [0.25, 0.3) is 0 Å². The van der Waals surface area contributed by atoms with Crippen molar-refractivity contribution in [3.8, 4) is 11.1 Å². The number of benzene rings is 7. The van der Waals surface area contributed by atoms with Crippen molar-refractivity contribution in [1.82, 2.24) is 0 Å². The second-order valence-electron chi connectivity index (χ2n) is 10.9. The Hall–Kier alpha value is -5.38. The Balaban J connectivity index is 1.28. The maximum absolute atomic E-state index is 6.54. The first-order valence-corrected chi connectivity index (χ1v) is 15.3. The molecule has 0 aliphatic carbocycles. The zero-order chi connectivity index (χ0) is 28.3. The van der Waals surface area contributed by atoms with Crippen LogP contribution in [0.25, 0.3) is 64.0 Å². The number of hydrogen-bond acceptors (Lipinski definition) is 3. The molecule has 9 aromatic rings. The molecule has 43 heavy (non-hydrogen) atoms. The van der Waals surface area contributed by atoms with E-state index in [1.807, 2.05) is 11.3 Å². The van der Waals surface area contributed by atoms with Crippen molar-refractivity contribution in [2.45, 2.75) is 0 Å². The van der Waals surface area contributed by atoms with Crippen LogP contribution in [0.4, 0.5) is 17.1 Å². The third-order valence-electron chi connectivity index (χ3n) is 8.44. The molecule has 0 saturated heterocycles. The summed E-state index contributed by atoms with van der Waals surface area (Å²) in [4.78, 5) is 2.35. The van der Waals surface area contributed by atoms with Crippen LogP contribution in [-0.4, -0.2) is 0 Å². The van der Waals surface area contributed by atoms with Crippen LogP contribution < -0.4 is 4.90 Å². The minimum absolute atomic E-state index is 0.891. The van der Waals surface area contributed by atoms with Gasteiger partial charge in [-0.05, 0) is 76.5 Å². The summed E-state index contributed by atoms with van der Waals surface area (Å²) in [6.07, 6.45) is 0. The molecule has 0 radical (unpaired) electrons. The quantitative estimate of drug-likeness (QED) is 0.210. The third kappa shape index (κ3) is 3.86. The fourth-order valence-electron chi connectivity index (χ4n) is 6.50. The molecule has 2 heterocycles. The fraction of sp³-hybridized carbons (Fsp3) is 0. The first kappa shape index (κ1) is 24.2. The van der Waals surface area contributed by atoms with Gasteiger partial charge in [-0.1, -0.05) is 97.1 Å². The lowest BCUT2D eigenvalue weighted by Gasteiger charge is -2.25. The lowest BCUT2D eigenvalue weighted by Crippen LogP contribution is -2.09. The number of furan rings is 1. The van der Waals surface area contributed by atoms with Gasteiger partial charge in [0.1, 0.15) is 11.2 Å². The van der Waals surface area contributed by atoms with Crippen LogP contribution in [0.3, 0.4) is 0 Å². The Morgan fingerprint density at radius 3 is 1.91 bits per heavy atom. The van der Waals surface area contributed by atoms with Crippen molar-refractivity contribution in [2.75, 3.05) is 4.90 Å². The normalized spacial score (nSPS) is 11.7. The predicted octanol–water partition coefficient (Wildman–Crippen LogP) is 12.2. The Morgan fingerprint density at radius 1 is 0.419 bits per heavy atom. The molecule has 0 atom stereocenters. The Labute approximate surface area is 252 Å². The lowest BCUT2D eigenvalue weighted by atomic mass is 9.95. The third-order valence-corrected chi connectivity index (χ3v) is 9.57. The van der Waals surface area contributed by atoms with Crippen molar-refractivity contribution >= 4 is 81.3 Å². The first-order valence-electron chi connectivity index (χ1n) is 14.5. The van der Waals surface area contributed by atoms with Crippen LogP contribution in [0.15, 0.2) is 156 Å². The van der Waals surface area contributed by atoms with E-state index >= 15 is 0 Å². The maximum atomic E-state index is 6.54. The van der Waals surface area contributed by atoms with Crippen molar-refractivity contribution in [3.63, 3.8) is 0 Å². The minimum atomic E-state index is 0.891. The predicted molar refractivity (Wildman–Crippen MR) is 184 cm³/mol. The summed E-state index contributed by atoms with van der Waals surface area (Å²) >= 11 is 1.85. The van der Waals surface area contributed by atoms with Crippen molar-refractivity contribution in [1.29, 1.82) is 0 Å². The van der Waals surface area contributed by atoms with E-state index < -0.39 is 0 Å². The average molecular weight is 568 g/mol. The highest BCUT2D eigenvalue weighted by atomic mass is 32.1. The molecule has 0 N–H and O–H groups in total. The molecule has 0 aliphatic heterocycles. The van der Waals surface area contributed by atoms with Gasteiger partial charge in [-0.2, -0.15) is 0 Å². The van der Waals surface area contributed by atoms with E-state index in [-0.39, 0.29) is 0 Å². The van der Waals surface area contributed by atoms with Gasteiger partial charge in [-0.25, -0.2) is 0 Å². The van der Waals surface area contributed by atoms with E-state index in [4.69, 9.17) is 4.42 Å². The van der Waals surface area contributed by atoms with Crippen molar-refractivity contribution in [3.05, 3.63) is 152 Å². The van der Waals surface area contributed by atoms with E-state index in [9.17, 15) is 0 Å². The molecule has 0 bridgehead atoms. The maximum Gasteiger partial charge on any atom is 0.136 e. The molecular formula is C40H25NOS. The SMILES string of the molecule is c1ccc(-c2cc3oc4ccc(N(c5ccccc5)c5ccc6c(c5)sc5ccccc56)cc4c3c3ccccc23)cc1. The average Bonchev–Trinajstić information content (AvgIpc) is 3.63. The molecule has 0 aliphatic rings. The van der Waals surface area contributed by atoms with E-state index in [2.05, 4.69) is 157 Å². The number of nitrogens with zero attached hydrogens (tertiary/aromatic N) is 1. The highest BCUT2D eigenvalue weighted by molar-refractivity contribution is 7.25. The number of rotatable bonds is 4. The van der Waals surface area contributed by atoms with Crippen LogP contribution in [-0.2, 0) is 0 Å². The van der Waals surface area contributed by atoms with Gasteiger partial charge in [-0.3, -0.25) is 0 Å². The van der Waals surface area contributed by atoms with Crippen molar-refractivity contribution < 1.29 is 4.42 Å². The molecule has 2 aromatic heterocycles. The van der Waals surface area contributed by atoms with Gasteiger partial charge in [0.2, 0.25) is 0 Å². The molecule has 0 amide bonds. The number of thiophene rings is 1. The summed E-state index contributed by atoms with van der Waals surface area (Å²) in [7, 11) is 0. The van der Waals surface area contributed by atoms with Crippen molar-refractivity contribution in [2.24, 2.45) is 0 Å². The number of para-hydroxylation sites is 1. The minimum Gasteiger partial charge on any atom is -0.456 e. The molecule has 202 valence electrons. The summed E-state index contributed by atoms with van der Waals surface area (Å²) in [5.74, 6) is 0. The Kier molecular flexibility index (Phi) is 5.40. The topological polar surface area (TPSA) is 16.4 Å². The van der Waals surface area contributed by atoms with Crippen LogP contribution in [0.2, 0.25) is 0 Å². The summed E-state index contributed by atoms with van der Waals surface area (Å²) in [6, 6.07) is 54.2. The second kappa shape index (κ2) is 9.59. The number of fused-ring (bicyclic) bond motifs is 8. The zero-order valence-corrected chi connectivity index (χ0v) is 24.0. The second-order valence-corrected chi connectivity index (χ2v) is 12.0. The molecule has 0 unspecified atom stereocenters. The highest BCUT2D eigenvalue weighted by Crippen LogP contribution is 2.44. The molecule has 0 saturated carbocycles. The van der Waals surface area contributed by atoms with Gasteiger partial charge >= 0.3 is 0 Å². The van der Waals surface area contributed by atoms with Crippen LogP contribution in [0.1, 0.15) is 0 Å². The molecule has 2 nitrogen and oxygen atoms in total. The van der Waals surface area contributed by atoms with E-state index in [0.717, 1.165) is 39.0 Å². The van der Waals surface area contributed by atoms with Gasteiger partial charge in [-0.15, -0.1) is 11.3 Å². The molecule has 3 heteroatoms. The fourth-order valence-corrected chi connectivity index (χ4v) is 7.64. The largest absolute Gasteiger partial charge is 0.456 e. The smallest absolute Gasteiger partial charge is 0.136 e. The van der Waals surface area contributed by atoms with Crippen LogP contribution in [0.5, 0.6) is 0 Å². The van der Waals surface area contributed by atoms with Crippen LogP contribution in [0, 0.1) is 0 Å². The summed E-state index contributed by atoms with van der Waals surface area (Å²) in [5.41, 5.74) is 7.52. The first-order chi connectivity index (χ1) is 21.3. The van der Waals surface area contributed by atoms with E-state index in [1.165, 1.54) is 42.1 Å². The summed E-state index contributed by atoms with van der Waals surface area (Å²) in [6.45, 7) is 0. The van der Waals surface area contributed by atoms with Gasteiger partial charge in [0.15, 0.2) is 0 Å². The lowest BCUT2D eigenvalue weighted by molar-refractivity contribution is 0.669. The molecule has 7 aromatic carbocycles. The highest BCUT2D eigenvalue weighted by Gasteiger charge is 2.19. The standard InChI is InChI=1S/C40H25NOS/c1-3-11-26(12-4-1)34-25-37-40(33-17-8-7-15-30(33)34)35-23-28(20-22-36(35)42-37)41(27-13-5-2-6-14-27)29-19-21-32-31-16-9-10-18-38(31)43-39(32)24-29/h1-25H. The van der Waals surface area contributed by atoms with Gasteiger partial charge in [0, 0.05) is 48.0 Å². The summed E-state index contributed by atoms with van der Waals surface area (Å²) < 4.78 is 9.14. The molecule has 0 fully saturated rings. The summed E-state index contributed by atoms with van der Waals surface area (Å²) in [5, 5.41) is 7.31.